The third-order valence-corrected chi connectivity index (χ3v) is 4.86. The fourth-order valence-corrected chi connectivity index (χ4v) is 3.80. The van der Waals surface area contributed by atoms with Crippen molar-refractivity contribution in [3.05, 3.63) is 78.3 Å². The molecule has 120 valence electrons. The molecule has 0 saturated carbocycles. The molecule has 0 bridgehead atoms. The minimum Gasteiger partial charge on any atom is -0.349 e. The molecule has 1 saturated heterocycles. The van der Waals surface area contributed by atoms with Crippen LogP contribution < -0.4 is 4.90 Å². The lowest BCUT2D eigenvalue weighted by molar-refractivity contribution is 0.318. The van der Waals surface area contributed by atoms with E-state index in [-0.39, 0.29) is 12.0 Å². The van der Waals surface area contributed by atoms with Crippen molar-refractivity contribution in [3.63, 3.8) is 0 Å². The zero-order chi connectivity index (χ0) is 16.1. The summed E-state index contributed by atoms with van der Waals surface area (Å²) in [6, 6.07) is 11.0. The molecular formula is C19H17FN4. The third-order valence-electron chi connectivity index (χ3n) is 4.86. The highest BCUT2D eigenvalue weighted by Gasteiger charge is 2.36. The summed E-state index contributed by atoms with van der Waals surface area (Å²) in [5.74, 6) is -0.207. The van der Waals surface area contributed by atoms with E-state index in [1.807, 2.05) is 22.7 Å². The zero-order valence-electron chi connectivity index (χ0n) is 13.1. The van der Waals surface area contributed by atoms with Crippen LogP contribution in [0.4, 0.5) is 10.1 Å². The number of pyridine rings is 1. The summed E-state index contributed by atoms with van der Waals surface area (Å²) < 4.78 is 15.8. The SMILES string of the molecule is Fc1cccc(N2C=C3CCCN3C2c2ccc3nccn3c2)c1. The Hall–Kier alpha value is -2.82. The van der Waals surface area contributed by atoms with Crippen LogP contribution in [0.25, 0.3) is 5.65 Å². The first-order valence-corrected chi connectivity index (χ1v) is 8.23. The molecule has 2 aromatic heterocycles. The highest BCUT2D eigenvalue weighted by atomic mass is 19.1. The first-order chi connectivity index (χ1) is 11.8. The Morgan fingerprint density at radius 2 is 2.12 bits per heavy atom. The molecule has 0 aliphatic carbocycles. The molecular weight excluding hydrogens is 303 g/mol. The van der Waals surface area contributed by atoms with Crippen molar-refractivity contribution in [1.82, 2.24) is 14.3 Å². The molecule has 0 N–H and O–H groups in total. The average molecular weight is 320 g/mol. The van der Waals surface area contributed by atoms with E-state index >= 15 is 0 Å². The van der Waals surface area contributed by atoms with E-state index in [0.717, 1.165) is 24.3 Å². The molecule has 2 aliphatic rings. The molecule has 4 nitrogen and oxygen atoms in total. The van der Waals surface area contributed by atoms with Gasteiger partial charge in [-0.05, 0) is 43.2 Å². The second-order valence-corrected chi connectivity index (χ2v) is 6.33. The number of nitrogens with zero attached hydrogens (tertiary/aromatic N) is 4. The van der Waals surface area contributed by atoms with Crippen LogP contribution >= 0.6 is 0 Å². The fraction of sp³-hybridized carbons (Fsp3) is 0.211. The van der Waals surface area contributed by atoms with Gasteiger partial charge in [0.15, 0.2) is 0 Å². The van der Waals surface area contributed by atoms with E-state index in [9.17, 15) is 4.39 Å². The minimum absolute atomic E-state index is 0.0658. The zero-order valence-corrected chi connectivity index (χ0v) is 13.1. The predicted molar refractivity (Wildman–Crippen MR) is 90.8 cm³/mol. The molecule has 0 spiro atoms. The normalized spacial score (nSPS) is 19.9. The van der Waals surface area contributed by atoms with E-state index in [2.05, 4.69) is 33.2 Å². The molecule has 5 rings (SSSR count). The number of benzene rings is 1. The van der Waals surface area contributed by atoms with Gasteiger partial charge in [0.1, 0.15) is 17.6 Å². The van der Waals surface area contributed by atoms with Crippen molar-refractivity contribution >= 4 is 11.3 Å². The molecule has 2 aliphatic heterocycles. The summed E-state index contributed by atoms with van der Waals surface area (Å²) >= 11 is 0. The molecule has 4 heterocycles. The molecule has 1 aromatic carbocycles. The molecule has 0 radical (unpaired) electrons. The van der Waals surface area contributed by atoms with Crippen LogP contribution in [-0.2, 0) is 0 Å². The van der Waals surface area contributed by atoms with Crippen LogP contribution in [0.15, 0.2) is 66.9 Å². The van der Waals surface area contributed by atoms with Gasteiger partial charge in [0.05, 0.1) is 0 Å². The quantitative estimate of drug-likeness (QED) is 0.715. The van der Waals surface area contributed by atoms with Crippen molar-refractivity contribution in [2.45, 2.75) is 19.0 Å². The van der Waals surface area contributed by atoms with E-state index in [0.29, 0.717) is 0 Å². The van der Waals surface area contributed by atoms with E-state index in [1.165, 1.54) is 23.7 Å². The van der Waals surface area contributed by atoms with Crippen molar-refractivity contribution in [2.75, 3.05) is 11.4 Å². The van der Waals surface area contributed by atoms with Gasteiger partial charge in [0.25, 0.3) is 0 Å². The molecule has 1 unspecified atom stereocenters. The number of anilines is 1. The maximum absolute atomic E-state index is 13.7. The minimum atomic E-state index is -0.207. The fourth-order valence-electron chi connectivity index (χ4n) is 3.80. The number of fused-ring (bicyclic) bond motifs is 2. The monoisotopic (exact) mass is 320 g/mol. The average Bonchev–Trinajstić information content (AvgIpc) is 3.29. The molecule has 1 atom stereocenters. The second-order valence-electron chi connectivity index (χ2n) is 6.33. The largest absolute Gasteiger partial charge is 0.349 e. The first-order valence-electron chi connectivity index (χ1n) is 8.23. The Morgan fingerprint density at radius 1 is 1.17 bits per heavy atom. The van der Waals surface area contributed by atoms with Crippen molar-refractivity contribution in [2.24, 2.45) is 0 Å². The smallest absolute Gasteiger partial charge is 0.136 e. The summed E-state index contributed by atoms with van der Waals surface area (Å²) in [5.41, 5.74) is 4.32. The van der Waals surface area contributed by atoms with Crippen molar-refractivity contribution in [3.8, 4) is 0 Å². The number of hydrogen-bond donors (Lipinski definition) is 0. The molecule has 24 heavy (non-hydrogen) atoms. The van der Waals surface area contributed by atoms with Gasteiger partial charge in [-0.3, -0.25) is 0 Å². The number of aromatic nitrogens is 2. The van der Waals surface area contributed by atoms with Crippen molar-refractivity contribution < 1.29 is 4.39 Å². The number of imidazole rings is 1. The summed E-state index contributed by atoms with van der Waals surface area (Å²) in [6.45, 7) is 1.03. The third kappa shape index (κ3) is 2.01. The highest BCUT2D eigenvalue weighted by Crippen LogP contribution is 2.42. The summed E-state index contributed by atoms with van der Waals surface area (Å²) in [4.78, 5) is 8.91. The van der Waals surface area contributed by atoms with Gasteiger partial charge in [-0.25, -0.2) is 9.37 Å². The van der Waals surface area contributed by atoms with Gasteiger partial charge >= 0.3 is 0 Å². The Bertz CT molecular complexity index is 945. The van der Waals surface area contributed by atoms with E-state index in [1.54, 1.807) is 18.3 Å². The first kappa shape index (κ1) is 13.6. The summed E-state index contributed by atoms with van der Waals surface area (Å²) in [5, 5.41) is 0. The standard InChI is InChI=1S/C19H17FN4/c20-15-3-1-4-16(11-15)24-13-17-5-2-9-23(17)19(24)14-6-7-18-21-8-10-22(18)12-14/h1,3-4,6-8,10-13,19H,2,5,9H2. The van der Waals surface area contributed by atoms with Gasteiger partial charge in [0, 0.05) is 48.3 Å². The van der Waals surface area contributed by atoms with E-state index < -0.39 is 0 Å². The van der Waals surface area contributed by atoms with Crippen LogP contribution in [0, 0.1) is 5.82 Å². The lowest BCUT2D eigenvalue weighted by atomic mass is 10.1. The molecule has 5 heteroatoms. The summed E-state index contributed by atoms with van der Waals surface area (Å²) in [7, 11) is 0. The molecule has 0 amide bonds. The van der Waals surface area contributed by atoms with Crippen molar-refractivity contribution in [1.29, 1.82) is 0 Å². The maximum atomic E-state index is 13.7. The molecule has 3 aromatic rings. The van der Waals surface area contributed by atoms with Crippen LogP contribution in [0.1, 0.15) is 24.6 Å². The van der Waals surface area contributed by atoms with Crippen LogP contribution in [0.2, 0.25) is 0 Å². The lowest BCUT2D eigenvalue weighted by Gasteiger charge is -2.32. The maximum Gasteiger partial charge on any atom is 0.136 e. The summed E-state index contributed by atoms with van der Waals surface area (Å²) in [6.07, 6.45) is 10.4. The Kier molecular flexibility index (Phi) is 2.89. The van der Waals surface area contributed by atoms with Gasteiger partial charge in [0.2, 0.25) is 0 Å². The van der Waals surface area contributed by atoms with Gasteiger partial charge in [-0.2, -0.15) is 0 Å². The number of rotatable bonds is 2. The van der Waals surface area contributed by atoms with E-state index in [4.69, 9.17) is 0 Å². The number of allylic oxidation sites excluding steroid dienone is 1. The highest BCUT2D eigenvalue weighted by molar-refractivity contribution is 5.55. The number of halogens is 1. The van der Waals surface area contributed by atoms with Gasteiger partial charge in [-0.15, -0.1) is 0 Å². The Balaban J connectivity index is 1.63. The van der Waals surface area contributed by atoms with Crippen LogP contribution in [-0.4, -0.2) is 20.8 Å². The Morgan fingerprint density at radius 3 is 3.04 bits per heavy atom. The molecule has 1 fully saturated rings. The number of hydrogen-bond acceptors (Lipinski definition) is 3. The van der Waals surface area contributed by atoms with Crippen LogP contribution in [0.3, 0.4) is 0 Å². The Labute approximate surface area is 139 Å². The topological polar surface area (TPSA) is 23.8 Å². The second kappa shape index (κ2) is 5.09. The van der Waals surface area contributed by atoms with Gasteiger partial charge in [-0.1, -0.05) is 6.07 Å². The van der Waals surface area contributed by atoms with Gasteiger partial charge < -0.3 is 14.2 Å². The van der Waals surface area contributed by atoms with Crippen LogP contribution in [0.5, 0.6) is 0 Å². The predicted octanol–water partition coefficient (Wildman–Crippen LogP) is 3.93. The lowest BCUT2D eigenvalue weighted by Crippen LogP contribution is -2.30.